The Kier molecular flexibility index (Phi) is 6.71. The molecule has 0 aromatic carbocycles. The predicted molar refractivity (Wildman–Crippen MR) is 70.2 cm³/mol. The van der Waals surface area contributed by atoms with Crippen molar-refractivity contribution < 1.29 is 4.74 Å². The molecule has 0 spiro atoms. The van der Waals surface area contributed by atoms with Gasteiger partial charge in [0.1, 0.15) is 0 Å². The number of hydrogen-bond acceptors (Lipinski definition) is 2. The first-order valence-electron chi connectivity index (χ1n) is 6.66. The summed E-state index contributed by atoms with van der Waals surface area (Å²) in [5.41, 5.74) is 0. The summed E-state index contributed by atoms with van der Waals surface area (Å²) in [5, 5.41) is 0. The summed E-state index contributed by atoms with van der Waals surface area (Å²) in [7, 11) is 0. The van der Waals surface area contributed by atoms with Gasteiger partial charge in [0.25, 0.3) is 0 Å². The maximum Gasteiger partial charge on any atom is 0.0706 e. The van der Waals surface area contributed by atoms with Gasteiger partial charge in [-0.05, 0) is 32.6 Å². The third-order valence-corrected chi connectivity index (χ3v) is 3.76. The number of ether oxygens (including phenoxy) is 1. The number of alkyl halides is 1. The van der Waals surface area contributed by atoms with Crippen LogP contribution in [-0.4, -0.2) is 42.1 Å². The second-order valence-electron chi connectivity index (χ2n) is 4.80. The summed E-state index contributed by atoms with van der Waals surface area (Å²) in [6, 6.07) is 0.665. The zero-order chi connectivity index (χ0) is 12.0. The molecule has 2 unspecified atom stereocenters. The van der Waals surface area contributed by atoms with Crippen LogP contribution in [0.15, 0.2) is 0 Å². The molecule has 0 N–H and O–H groups in total. The topological polar surface area (TPSA) is 12.5 Å². The molecular weight excluding hydrogens is 222 g/mol. The van der Waals surface area contributed by atoms with Crippen LogP contribution in [-0.2, 0) is 4.74 Å². The van der Waals surface area contributed by atoms with Crippen LogP contribution in [0, 0.1) is 0 Å². The van der Waals surface area contributed by atoms with Crippen LogP contribution in [0.5, 0.6) is 0 Å². The van der Waals surface area contributed by atoms with Crippen molar-refractivity contribution in [2.24, 2.45) is 0 Å². The Morgan fingerprint density at radius 3 is 2.44 bits per heavy atom. The molecule has 1 aliphatic heterocycles. The van der Waals surface area contributed by atoms with Gasteiger partial charge in [0.05, 0.1) is 12.2 Å². The molecular formula is C13H26ClNO. The summed E-state index contributed by atoms with van der Waals surface area (Å²) < 4.78 is 5.89. The SMILES string of the molecule is CCC(CC)N(CCCl)CC1CCC(C)O1. The van der Waals surface area contributed by atoms with Gasteiger partial charge < -0.3 is 4.74 Å². The molecule has 2 nitrogen and oxygen atoms in total. The first kappa shape index (κ1) is 14.3. The fourth-order valence-electron chi connectivity index (χ4n) is 2.62. The molecule has 3 heteroatoms. The smallest absolute Gasteiger partial charge is 0.0706 e. The summed E-state index contributed by atoms with van der Waals surface area (Å²) in [6.45, 7) is 8.73. The minimum Gasteiger partial charge on any atom is -0.374 e. The van der Waals surface area contributed by atoms with Gasteiger partial charge >= 0.3 is 0 Å². The molecule has 16 heavy (non-hydrogen) atoms. The molecule has 1 rings (SSSR count). The van der Waals surface area contributed by atoms with Gasteiger partial charge in [-0.15, -0.1) is 11.6 Å². The van der Waals surface area contributed by atoms with Crippen LogP contribution in [0.1, 0.15) is 46.5 Å². The van der Waals surface area contributed by atoms with E-state index in [2.05, 4.69) is 25.7 Å². The highest BCUT2D eigenvalue weighted by molar-refractivity contribution is 6.18. The van der Waals surface area contributed by atoms with Crippen molar-refractivity contribution in [1.29, 1.82) is 0 Å². The lowest BCUT2D eigenvalue weighted by Crippen LogP contribution is -2.41. The first-order valence-corrected chi connectivity index (χ1v) is 7.20. The van der Waals surface area contributed by atoms with Crippen molar-refractivity contribution in [3.63, 3.8) is 0 Å². The van der Waals surface area contributed by atoms with E-state index in [-0.39, 0.29) is 0 Å². The van der Waals surface area contributed by atoms with E-state index in [0.29, 0.717) is 18.2 Å². The van der Waals surface area contributed by atoms with Gasteiger partial charge in [-0.3, -0.25) is 4.90 Å². The summed E-state index contributed by atoms with van der Waals surface area (Å²) in [4.78, 5) is 2.51. The fraction of sp³-hybridized carbons (Fsp3) is 1.00. The highest BCUT2D eigenvalue weighted by atomic mass is 35.5. The molecule has 0 radical (unpaired) electrons. The van der Waals surface area contributed by atoms with Crippen LogP contribution >= 0.6 is 11.6 Å². The van der Waals surface area contributed by atoms with E-state index < -0.39 is 0 Å². The Morgan fingerprint density at radius 1 is 1.31 bits per heavy atom. The number of halogens is 1. The van der Waals surface area contributed by atoms with E-state index in [9.17, 15) is 0 Å². The molecule has 0 aromatic heterocycles. The largest absolute Gasteiger partial charge is 0.374 e. The van der Waals surface area contributed by atoms with Crippen LogP contribution in [0.2, 0.25) is 0 Å². The quantitative estimate of drug-likeness (QED) is 0.641. The predicted octanol–water partition coefficient (Wildman–Crippen LogP) is 3.28. The van der Waals surface area contributed by atoms with E-state index in [0.717, 1.165) is 19.0 Å². The summed E-state index contributed by atoms with van der Waals surface area (Å²) in [5.74, 6) is 0.721. The van der Waals surface area contributed by atoms with Gasteiger partial charge in [0.15, 0.2) is 0 Å². The van der Waals surface area contributed by atoms with Gasteiger partial charge in [0, 0.05) is 25.0 Å². The molecule has 0 aromatic rings. The molecule has 96 valence electrons. The van der Waals surface area contributed by atoms with E-state index in [1.54, 1.807) is 0 Å². The Morgan fingerprint density at radius 2 is 2.00 bits per heavy atom. The van der Waals surface area contributed by atoms with Gasteiger partial charge in [0.2, 0.25) is 0 Å². The van der Waals surface area contributed by atoms with Gasteiger partial charge in [-0.2, -0.15) is 0 Å². The van der Waals surface area contributed by atoms with Crippen molar-refractivity contribution in [1.82, 2.24) is 4.90 Å². The van der Waals surface area contributed by atoms with E-state index in [4.69, 9.17) is 16.3 Å². The summed E-state index contributed by atoms with van der Waals surface area (Å²) >= 11 is 5.89. The molecule has 1 aliphatic rings. The maximum atomic E-state index is 5.89. The molecule has 0 saturated carbocycles. The van der Waals surface area contributed by atoms with E-state index >= 15 is 0 Å². The van der Waals surface area contributed by atoms with Gasteiger partial charge in [-0.1, -0.05) is 13.8 Å². The first-order chi connectivity index (χ1) is 7.71. The Labute approximate surface area is 105 Å². The average Bonchev–Trinajstić information content (AvgIpc) is 2.66. The lowest BCUT2D eigenvalue weighted by atomic mass is 10.1. The van der Waals surface area contributed by atoms with Crippen molar-refractivity contribution in [2.45, 2.75) is 64.7 Å². The number of nitrogens with zero attached hydrogens (tertiary/aromatic N) is 1. The highest BCUT2D eigenvalue weighted by Crippen LogP contribution is 2.21. The molecule has 0 amide bonds. The van der Waals surface area contributed by atoms with E-state index in [1.807, 2.05) is 0 Å². The van der Waals surface area contributed by atoms with Crippen LogP contribution in [0.3, 0.4) is 0 Å². The molecule has 1 saturated heterocycles. The average molecular weight is 248 g/mol. The standard InChI is InChI=1S/C13H26ClNO/c1-4-12(5-2)15(9-8-14)10-13-7-6-11(3)16-13/h11-13H,4-10H2,1-3H3. The summed E-state index contributed by atoms with van der Waals surface area (Å²) in [6.07, 6.45) is 5.71. The third kappa shape index (κ3) is 4.23. The monoisotopic (exact) mass is 247 g/mol. The minimum absolute atomic E-state index is 0.429. The lowest BCUT2D eigenvalue weighted by molar-refractivity contribution is 0.0219. The zero-order valence-electron chi connectivity index (χ0n) is 10.9. The minimum atomic E-state index is 0.429. The van der Waals surface area contributed by atoms with Crippen LogP contribution < -0.4 is 0 Å². The molecule has 2 atom stereocenters. The van der Waals surface area contributed by atoms with Crippen molar-refractivity contribution >= 4 is 11.6 Å². The van der Waals surface area contributed by atoms with Gasteiger partial charge in [-0.25, -0.2) is 0 Å². The maximum absolute atomic E-state index is 5.89. The fourth-order valence-corrected chi connectivity index (χ4v) is 2.83. The Hall–Kier alpha value is 0.210. The number of hydrogen-bond donors (Lipinski definition) is 0. The van der Waals surface area contributed by atoms with E-state index in [1.165, 1.54) is 25.7 Å². The van der Waals surface area contributed by atoms with Crippen molar-refractivity contribution in [2.75, 3.05) is 19.0 Å². The zero-order valence-corrected chi connectivity index (χ0v) is 11.7. The van der Waals surface area contributed by atoms with Crippen molar-refractivity contribution in [3.05, 3.63) is 0 Å². The van der Waals surface area contributed by atoms with Crippen LogP contribution in [0.25, 0.3) is 0 Å². The van der Waals surface area contributed by atoms with Crippen LogP contribution in [0.4, 0.5) is 0 Å². The molecule has 0 bridgehead atoms. The lowest BCUT2D eigenvalue weighted by Gasteiger charge is -2.31. The highest BCUT2D eigenvalue weighted by Gasteiger charge is 2.25. The molecule has 1 fully saturated rings. The second kappa shape index (κ2) is 7.52. The second-order valence-corrected chi connectivity index (χ2v) is 5.18. The third-order valence-electron chi connectivity index (χ3n) is 3.59. The molecule has 1 heterocycles. The Bertz CT molecular complexity index is 185. The van der Waals surface area contributed by atoms with Crippen molar-refractivity contribution in [3.8, 4) is 0 Å². The number of rotatable bonds is 7. The normalized spacial score (nSPS) is 25.9. The Balaban J connectivity index is 2.43. The molecule has 0 aliphatic carbocycles.